The van der Waals surface area contributed by atoms with E-state index in [1.807, 2.05) is 36.4 Å². The van der Waals surface area contributed by atoms with Crippen molar-refractivity contribution < 1.29 is 9.09 Å². The zero-order chi connectivity index (χ0) is 17.0. The first-order chi connectivity index (χ1) is 11.6. The van der Waals surface area contributed by atoms with Gasteiger partial charge < -0.3 is 4.52 Å². The van der Waals surface area contributed by atoms with Crippen LogP contribution < -0.4 is 0 Å². The predicted molar refractivity (Wildman–Crippen MR) is 99.3 cm³/mol. The van der Waals surface area contributed by atoms with Crippen LogP contribution in [0.15, 0.2) is 60.7 Å². The Morgan fingerprint density at radius 1 is 1.04 bits per heavy atom. The summed E-state index contributed by atoms with van der Waals surface area (Å²) < 4.78 is 21.8. The Morgan fingerprint density at radius 2 is 1.67 bits per heavy atom. The van der Waals surface area contributed by atoms with Gasteiger partial charge in [-0.3, -0.25) is 4.57 Å². The molecule has 3 rings (SSSR count). The molecule has 3 nitrogen and oxygen atoms in total. The molecule has 1 fully saturated rings. The maximum absolute atomic E-state index is 13.8. The summed E-state index contributed by atoms with van der Waals surface area (Å²) in [5.41, 5.74) is 2.36. The molecule has 1 aliphatic rings. The molecule has 2 aromatic carbocycles. The lowest BCUT2D eigenvalue weighted by Crippen LogP contribution is -2.34. The molecule has 3 atom stereocenters. The molecular weight excluding hydrogens is 317 g/mol. The predicted octanol–water partition coefficient (Wildman–Crippen LogP) is 5.29. The zero-order valence-electron chi connectivity index (χ0n) is 14.5. The summed E-state index contributed by atoms with van der Waals surface area (Å²) in [6.45, 7) is 6.33. The van der Waals surface area contributed by atoms with Gasteiger partial charge in [0.05, 0.1) is 12.3 Å². The number of hydrogen-bond donors (Lipinski definition) is 0. The Kier molecular flexibility index (Phi) is 5.55. The number of nitrogens with zero attached hydrogens (tertiary/aromatic N) is 1. The van der Waals surface area contributed by atoms with Crippen LogP contribution in [0.4, 0.5) is 0 Å². The minimum Gasteiger partial charge on any atom is -0.317 e. The SMILES string of the molecule is C[C@@H](c1ccccc1)[C@H](C)[P@]1(=O)OCCCN1Cc1ccccc1. The van der Waals surface area contributed by atoms with Crippen molar-refractivity contribution in [1.29, 1.82) is 0 Å². The van der Waals surface area contributed by atoms with Gasteiger partial charge >= 0.3 is 0 Å². The second kappa shape index (κ2) is 7.65. The summed E-state index contributed by atoms with van der Waals surface area (Å²) in [6, 6.07) is 20.6. The van der Waals surface area contributed by atoms with Crippen molar-refractivity contribution in [1.82, 2.24) is 4.67 Å². The van der Waals surface area contributed by atoms with Gasteiger partial charge in [-0.05, 0) is 23.5 Å². The van der Waals surface area contributed by atoms with Crippen LogP contribution in [-0.4, -0.2) is 23.5 Å². The lowest BCUT2D eigenvalue weighted by molar-refractivity contribution is 0.195. The van der Waals surface area contributed by atoms with Crippen LogP contribution in [0.2, 0.25) is 0 Å². The highest BCUT2D eigenvalue weighted by Crippen LogP contribution is 2.61. The standard InChI is InChI=1S/C20H26NO2P/c1-17(20-12-7-4-8-13-20)18(2)24(22)21(14-9-15-23-24)16-19-10-5-3-6-11-19/h3-8,10-13,17-18H,9,14-16H2,1-2H3/t17-,18+,24+/m1/s1. The van der Waals surface area contributed by atoms with Crippen molar-refractivity contribution in [3.8, 4) is 0 Å². The molecule has 1 saturated heterocycles. The van der Waals surface area contributed by atoms with Gasteiger partial charge in [-0.15, -0.1) is 0 Å². The molecule has 0 spiro atoms. The summed E-state index contributed by atoms with van der Waals surface area (Å²) in [6.07, 6.45) is 0.934. The molecule has 0 aliphatic carbocycles. The molecule has 0 bridgehead atoms. The van der Waals surface area contributed by atoms with E-state index in [4.69, 9.17) is 4.52 Å². The van der Waals surface area contributed by atoms with Crippen LogP contribution in [0.5, 0.6) is 0 Å². The Morgan fingerprint density at radius 3 is 2.33 bits per heavy atom. The van der Waals surface area contributed by atoms with Crippen LogP contribution in [0.3, 0.4) is 0 Å². The third-order valence-electron chi connectivity index (χ3n) is 5.00. The fourth-order valence-corrected chi connectivity index (χ4v) is 6.15. The Bertz CT molecular complexity index is 683. The van der Waals surface area contributed by atoms with Crippen LogP contribution in [0.25, 0.3) is 0 Å². The van der Waals surface area contributed by atoms with E-state index in [1.165, 1.54) is 11.1 Å². The second-order valence-electron chi connectivity index (χ2n) is 6.56. The maximum atomic E-state index is 13.8. The van der Waals surface area contributed by atoms with E-state index < -0.39 is 7.52 Å². The van der Waals surface area contributed by atoms with Crippen molar-refractivity contribution in [2.24, 2.45) is 0 Å². The largest absolute Gasteiger partial charge is 0.317 e. The van der Waals surface area contributed by atoms with E-state index in [0.29, 0.717) is 13.2 Å². The third kappa shape index (κ3) is 3.64. The molecule has 4 heteroatoms. The molecule has 1 heterocycles. The molecule has 0 unspecified atom stereocenters. The molecule has 2 aromatic rings. The number of rotatable bonds is 5. The Labute approximate surface area is 145 Å². The molecule has 1 aliphatic heterocycles. The first-order valence-electron chi connectivity index (χ1n) is 8.70. The molecular formula is C20H26NO2P. The summed E-state index contributed by atoms with van der Waals surface area (Å²) in [5, 5.41) is 0. The topological polar surface area (TPSA) is 29.5 Å². The highest BCUT2D eigenvalue weighted by molar-refractivity contribution is 7.57. The molecule has 0 aromatic heterocycles. The molecule has 128 valence electrons. The van der Waals surface area contributed by atoms with E-state index in [2.05, 4.69) is 42.8 Å². The molecule has 0 amide bonds. The average Bonchev–Trinajstić information content (AvgIpc) is 2.64. The number of benzene rings is 2. The van der Waals surface area contributed by atoms with Crippen molar-refractivity contribution >= 4 is 7.52 Å². The summed E-state index contributed by atoms with van der Waals surface area (Å²) >= 11 is 0. The van der Waals surface area contributed by atoms with Crippen molar-refractivity contribution in [2.75, 3.05) is 13.2 Å². The highest BCUT2D eigenvalue weighted by Gasteiger charge is 2.42. The number of hydrogen-bond acceptors (Lipinski definition) is 2. The lowest BCUT2D eigenvalue weighted by Gasteiger charge is -2.40. The molecule has 0 saturated carbocycles. The lowest BCUT2D eigenvalue weighted by atomic mass is 9.98. The summed E-state index contributed by atoms with van der Waals surface area (Å²) in [4.78, 5) is 0. The average molecular weight is 343 g/mol. The molecule has 0 radical (unpaired) electrons. The van der Waals surface area contributed by atoms with Crippen LogP contribution >= 0.6 is 7.52 Å². The van der Waals surface area contributed by atoms with Gasteiger partial charge in [-0.25, -0.2) is 4.67 Å². The normalized spacial score (nSPS) is 24.4. The van der Waals surface area contributed by atoms with Crippen molar-refractivity contribution in [3.63, 3.8) is 0 Å². The molecule has 24 heavy (non-hydrogen) atoms. The van der Waals surface area contributed by atoms with E-state index in [0.717, 1.165) is 13.0 Å². The minimum atomic E-state index is -2.87. The summed E-state index contributed by atoms with van der Waals surface area (Å²) in [5.74, 6) is 0.188. The van der Waals surface area contributed by atoms with E-state index >= 15 is 0 Å². The minimum absolute atomic E-state index is 0.0380. The van der Waals surface area contributed by atoms with E-state index in [9.17, 15) is 4.57 Å². The van der Waals surface area contributed by atoms with Crippen molar-refractivity contribution in [3.05, 3.63) is 71.8 Å². The fraction of sp³-hybridized carbons (Fsp3) is 0.400. The van der Waals surface area contributed by atoms with Gasteiger partial charge in [0.2, 0.25) is 0 Å². The second-order valence-corrected chi connectivity index (χ2v) is 9.33. The van der Waals surface area contributed by atoms with Gasteiger partial charge in [0.1, 0.15) is 0 Å². The zero-order valence-corrected chi connectivity index (χ0v) is 15.4. The maximum Gasteiger partial charge on any atom is 0.276 e. The van der Waals surface area contributed by atoms with E-state index in [-0.39, 0.29) is 11.6 Å². The van der Waals surface area contributed by atoms with E-state index in [1.54, 1.807) is 0 Å². The highest BCUT2D eigenvalue weighted by atomic mass is 31.2. The van der Waals surface area contributed by atoms with Gasteiger partial charge in [0.25, 0.3) is 7.52 Å². The summed E-state index contributed by atoms with van der Waals surface area (Å²) in [7, 11) is -2.87. The van der Waals surface area contributed by atoms with Crippen LogP contribution in [0, 0.1) is 0 Å². The quantitative estimate of drug-likeness (QED) is 0.691. The van der Waals surface area contributed by atoms with Gasteiger partial charge in [-0.2, -0.15) is 0 Å². The third-order valence-corrected chi connectivity index (χ3v) is 8.16. The smallest absolute Gasteiger partial charge is 0.276 e. The monoisotopic (exact) mass is 343 g/mol. The Hall–Kier alpha value is -1.41. The first-order valence-corrected chi connectivity index (χ1v) is 10.3. The fourth-order valence-electron chi connectivity index (χ4n) is 3.33. The van der Waals surface area contributed by atoms with Crippen LogP contribution in [-0.2, 0) is 15.6 Å². The molecule has 0 N–H and O–H groups in total. The van der Waals surface area contributed by atoms with Crippen molar-refractivity contribution in [2.45, 2.75) is 38.4 Å². The van der Waals surface area contributed by atoms with Crippen LogP contribution in [0.1, 0.15) is 37.3 Å². The van der Waals surface area contributed by atoms with Gasteiger partial charge in [0.15, 0.2) is 0 Å². The van der Waals surface area contributed by atoms with Gasteiger partial charge in [0, 0.05) is 13.1 Å². The van der Waals surface area contributed by atoms with Gasteiger partial charge in [-0.1, -0.05) is 74.5 Å². The first kappa shape index (κ1) is 17.4. The Balaban J connectivity index is 1.83.